The van der Waals surface area contributed by atoms with Crippen molar-refractivity contribution >= 4 is 6.03 Å². The molecule has 3 rings (SSSR count). The molecule has 3 atom stereocenters. The number of rotatable bonds is 2. The van der Waals surface area contributed by atoms with E-state index < -0.39 is 0 Å². The molecule has 19 heavy (non-hydrogen) atoms. The van der Waals surface area contributed by atoms with E-state index in [2.05, 4.69) is 0 Å². The van der Waals surface area contributed by atoms with Gasteiger partial charge in [-0.25, -0.2) is 9.18 Å². The first-order valence-electron chi connectivity index (χ1n) is 6.64. The number of benzene rings is 1. The fourth-order valence-electron chi connectivity index (χ4n) is 3.30. The van der Waals surface area contributed by atoms with Crippen LogP contribution in [0.1, 0.15) is 25.7 Å². The van der Waals surface area contributed by atoms with E-state index in [1.54, 1.807) is 23.1 Å². The van der Waals surface area contributed by atoms with Crippen LogP contribution in [0.2, 0.25) is 0 Å². The molecule has 102 valence electrons. The van der Waals surface area contributed by atoms with Crippen molar-refractivity contribution in [2.24, 2.45) is 5.73 Å². The molecule has 2 saturated heterocycles. The number of piperidine rings is 1. The van der Waals surface area contributed by atoms with Crippen LogP contribution in [0.4, 0.5) is 9.18 Å². The van der Waals surface area contributed by atoms with Crippen LogP contribution in [0.15, 0.2) is 24.3 Å². The Morgan fingerprint density at radius 2 is 1.89 bits per heavy atom. The second kappa shape index (κ2) is 4.72. The van der Waals surface area contributed by atoms with Gasteiger partial charge in [0.25, 0.3) is 0 Å². The topological polar surface area (TPSA) is 55.6 Å². The minimum Gasteiger partial charge on any atom is -0.487 e. The lowest BCUT2D eigenvalue weighted by atomic mass is 10.00. The van der Waals surface area contributed by atoms with Crippen molar-refractivity contribution in [3.8, 4) is 5.75 Å². The Balaban J connectivity index is 1.70. The lowest BCUT2D eigenvalue weighted by molar-refractivity contribution is 0.0693. The third kappa shape index (κ3) is 2.25. The number of fused-ring (bicyclic) bond motifs is 2. The minimum absolute atomic E-state index is 0.0370. The smallest absolute Gasteiger partial charge is 0.315 e. The summed E-state index contributed by atoms with van der Waals surface area (Å²) in [4.78, 5) is 13.1. The van der Waals surface area contributed by atoms with E-state index in [1.807, 2.05) is 0 Å². The summed E-state index contributed by atoms with van der Waals surface area (Å²) in [6.07, 6.45) is 3.35. The summed E-state index contributed by atoms with van der Waals surface area (Å²) in [5.41, 5.74) is 5.40. The number of amides is 2. The van der Waals surface area contributed by atoms with Gasteiger partial charge < -0.3 is 15.4 Å². The first-order chi connectivity index (χ1) is 9.15. The Morgan fingerprint density at radius 3 is 2.47 bits per heavy atom. The molecule has 2 heterocycles. The maximum Gasteiger partial charge on any atom is 0.315 e. The molecule has 2 amide bonds. The predicted octanol–water partition coefficient (Wildman–Crippen LogP) is 2.28. The number of para-hydroxylation sites is 1. The Bertz CT molecular complexity index is 480. The molecule has 0 aliphatic carbocycles. The fraction of sp³-hybridized carbons (Fsp3) is 0.500. The summed E-state index contributed by atoms with van der Waals surface area (Å²) in [5, 5.41) is 0. The number of hydrogen-bond acceptors (Lipinski definition) is 2. The molecule has 0 radical (unpaired) electrons. The maximum absolute atomic E-state index is 13.5. The molecule has 2 aliphatic heterocycles. The van der Waals surface area contributed by atoms with Crippen LogP contribution >= 0.6 is 0 Å². The van der Waals surface area contributed by atoms with E-state index >= 15 is 0 Å². The Labute approximate surface area is 111 Å². The minimum atomic E-state index is -0.350. The van der Waals surface area contributed by atoms with Crippen LogP contribution in [-0.2, 0) is 0 Å². The molecule has 2 fully saturated rings. The van der Waals surface area contributed by atoms with Crippen LogP contribution < -0.4 is 10.5 Å². The first-order valence-corrected chi connectivity index (χ1v) is 6.64. The highest BCUT2D eigenvalue weighted by Gasteiger charge is 2.43. The zero-order valence-corrected chi connectivity index (χ0v) is 10.6. The van der Waals surface area contributed by atoms with Crippen LogP contribution in [-0.4, -0.2) is 29.1 Å². The van der Waals surface area contributed by atoms with E-state index in [9.17, 15) is 9.18 Å². The largest absolute Gasteiger partial charge is 0.487 e. The highest BCUT2D eigenvalue weighted by Crippen LogP contribution is 2.37. The molecule has 1 aromatic carbocycles. The zero-order valence-electron chi connectivity index (χ0n) is 10.6. The van der Waals surface area contributed by atoms with E-state index in [1.165, 1.54) is 6.07 Å². The average Bonchev–Trinajstić information content (AvgIpc) is 2.65. The van der Waals surface area contributed by atoms with Gasteiger partial charge in [0, 0.05) is 24.9 Å². The number of halogens is 1. The number of nitrogens with zero attached hydrogens (tertiary/aromatic N) is 1. The molecular formula is C14H17FN2O2. The van der Waals surface area contributed by atoms with E-state index in [4.69, 9.17) is 10.5 Å². The molecule has 4 nitrogen and oxygen atoms in total. The summed E-state index contributed by atoms with van der Waals surface area (Å²) < 4.78 is 19.3. The van der Waals surface area contributed by atoms with Crippen molar-refractivity contribution in [1.29, 1.82) is 0 Å². The molecule has 2 bridgehead atoms. The Kier molecular flexibility index (Phi) is 3.05. The lowest BCUT2D eigenvalue weighted by Crippen LogP contribution is -2.51. The zero-order chi connectivity index (χ0) is 13.4. The second-order valence-corrected chi connectivity index (χ2v) is 5.27. The Morgan fingerprint density at radius 1 is 1.26 bits per heavy atom. The van der Waals surface area contributed by atoms with Gasteiger partial charge in [0.15, 0.2) is 11.6 Å². The van der Waals surface area contributed by atoms with Gasteiger partial charge in [-0.1, -0.05) is 12.1 Å². The number of urea groups is 1. The van der Waals surface area contributed by atoms with Crippen molar-refractivity contribution in [3.63, 3.8) is 0 Å². The predicted molar refractivity (Wildman–Crippen MR) is 68.3 cm³/mol. The molecule has 1 aromatic rings. The van der Waals surface area contributed by atoms with Crippen LogP contribution in [0.25, 0.3) is 0 Å². The summed E-state index contributed by atoms with van der Waals surface area (Å²) >= 11 is 0. The number of carbonyl (C=O) groups excluding carboxylic acids is 1. The second-order valence-electron chi connectivity index (χ2n) is 5.27. The van der Waals surface area contributed by atoms with Crippen LogP contribution in [0, 0.1) is 5.82 Å². The molecule has 0 saturated carbocycles. The highest BCUT2D eigenvalue weighted by atomic mass is 19.1. The SMILES string of the molecule is NC(=O)N1C2CC[C@H]1CC(Oc1ccccc1F)C2. The van der Waals surface area contributed by atoms with Gasteiger partial charge in [0.2, 0.25) is 0 Å². The summed E-state index contributed by atoms with van der Waals surface area (Å²) in [5.74, 6) is -0.0494. The van der Waals surface area contributed by atoms with Crippen LogP contribution in [0.5, 0.6) is 5.75 Å². The third-order valence-electron chi connectivity index (χ3n) is 4.07. The normalized spacial score (nSPS) is 29.3. The molecule has 0 aromatic heterocycles. The van der Waals surface area contributed by atoms with Gasteiger partial charge >= 0.3 is 6.03 Å². The van der Waals surface area contributed by atoms with Crippen LogP contribution in [0.3, 0.4) is 0 Å². The van der Waals surface area contributed by atoms with Crippen molar-refractivity contribution in [2.75, 3.05) is 0 Å². The van der Waals surface area contributed by atoms with E-state index in [0.717, 1.165) is 25.7 Å². The van der Waals surface area contributed by atoms with Gasteiger partial charge in [0.1, 0.15) is 6.10 Å². The number of ether oxygens (including phenoxy) is 1. The summed E-state index contributed by atoms with van der Waals surface area (Å²) in [7, 11) is 0. The standard InChI is InChI=1S/C14H17FN2O2/c15-12-3-1-2-4-13(12)19-11-7-9-5-6-10(8-11)17(9)14(16)18/h1-4,9-11H,5-8H2,(H2,16,18)/t9-,10?,11?/m0/s1. The molecule has 2 N–H and O–H groups in total. The van der Waals surface area contributed by atoms with Gasteiger partial charge in [-0.3, -0.25) is 0 Å². The quantitative estimate of drug-likeness (QED) is 0.891. The van der Waals surface area contributed by atoms with Crippen molar-refractivity contribution < 1.29 is 13.9 Å². The number of hydrogen-bond donors (Lipinski definition) is 1. The van der Waals surface area contributed by atoms with Crippen molar-refractivity contribution in [2.45, 2.75) is 43.9 Å². The number of nitrogens with two attached hydrogens (primary N) is 1. The van der Waals surface area contributed by atoms with Crippen molar-refractivity contribution in [1.82, 2.24) is 4.90 Å². The number of carbonyl (C=O) groups is 1. The molecular weight excluding hydrogens is 247 g/mol. The summed E-state index contributed by atoms with van der Waals surface area (Å²) in [6.45, 7) is 0. The molecule has 2 unspecified atom stereocenters. The molecule has 0 spiro atoms. The number of primary amides is 1. The monoisotopic (exact) mass is 264 g/mol. The van der Waals surface area contributed by atoms with Gasteiger partial charge in [-0.05, 0) is 25.0 Å². The highest BCUT2D eigenvalue weighted by molar-refractivity contribution is 5.73. The molecule has 2 aliphatic rings. The van der Waals surface area contributed by atoms with Crippen molar-refractivity contribution in [3.05, 3.63) is 30.1 Å². The van der Waals surface area contributed by atoms with Gasteiger partial charge in [-0.2, -0.15) is 0 Å². The molecule has 5 heteroatoms. The van der Waals surface area contributed by atoms with E-state index in [0.29, 0.717) is 5.75 Å². The van der Waals surface area contributed by atoms with Gasteiger partial charge in [0.05, 0.1) is 0 Å². The summed E-state index contributed by atoms with van der Waals surface area (Å²) in [6, 6.07) is 6.37. The third-order valence-corrected chi connectivity index (χ3v) is 4.07. The average molecular weight is 264 g/mol. The lowest BCUT2D eigenvalue weighted by Gasteiger charge is -2.37. The van der Waals surface area contributed by atoms with Gasteiger partial charge in [-0.15, -0.1) is 0 Å². The maximum atomic E-state index is 13.5. The first kappa shape index (κ1) is 12.3. The Hall–Kier alpha value is -1.78. The van der Waals surface area contributed by atoms with E-state index in [-0.39, 0.29) is 30.0 Å². The fourth-order valence-corrected chi connectivity index (χ4v) is 3.30.